The van der Waals surface area contributed by atoms with Crippen molar-refractivity contribution in [2.75, 3.05) is 6.54 Å². The number of nitrogens with two attached hydrogens (primary N) is 1. The molecule has 1 aromatic carbocycles. The quantitative estimate of drug-likeness (QED) is 0.908. The van der Waals surface area contributed by atoms with Crippen molar-refractivity contribution in [3.63, 3.8) is 0 Å². The molecule has 0 bridgehead atoms. The Morgan fingerprint density at radius 1 is 1.32 bits per heavy atom. The van der Waals surface area contributed by atoms with E-state index >= 15 is 0 Å². The van der Waals surface area contributed by atoms with Gasteiger partial charge < -0.3 is 10.6 Å². The van der Waals surface area contributed by atoms with Crippen LogP contribution in [0, 0.1) is 5.92 Å². The number of nitrogens with zero attached hydrogens (tertiary/aromatic N) is 1. The Bertz CT molecular complexity index is 418. The summed E-state index contributed by atoms with van der Waals surface area (Å²) in [7, 11) is 0. The van der Waals surface area contributed by atoms with Crippen LogP contribution in [0.3, 0.4) is 0 Å². The van der Waals surface area contributed by atoms with Gasteiger partial charge in [-0.1, -0.05) is 37.3 Å². The topological polar surface area (TPSA) is 46.3 Å². The summed E-state index contributed by atoms with van der Waals surface area (Å²) in [5.41, 5.74) is 7.17. The Morgan fingerprint density at radius 2 is 2.00 bits per heavy atom. The van der Waals surface area contributed by atoms with Crippen LogP contribution in [0.4, 0.5) is 0 Å². The Kier molecular flexibility index (Phi) is 4.59. The van der Waals surface area contributed by atoms with Crippen LogP contribution in [0.5, 0.6) is 0 Å². The van der Waals surface area contributed by atoms with E-state index in [4.69, 9.17) is 5.73 Å². The van der Waals surface area contributed by atoms with Gasteiger partial charge >= 0.3 is 0 Å². The van der Waals surface area contributed by atoms with Crippen molar-refractivity contribution < 1.29 is 4.79 Å². The molecule has 3 heteroatoms. The van der Waals surface area contributed by atoms with E-state index in [9.17, 15) is 4.79 Å². The summed E-state index contributed by atoms with van der Waals surface area (Å²) < 4.78 is 0. The maximum absolute atomic E-state index is 12.4. The molecule has 0 aromatic heterocycles. The lowest BCUT2D eigenvalue weighted by Gasteiger charge is -2.37. The summed E-state index contributed by atoms with van der Waals surface area (Å²) in [6.45, 7) is 5.22. The first kappa shape index (κ1) is 14.1. The highest BCUT2D eigenvalue weighted by Crippen LogP contribution is 2.24. The fourth-order valence-electron chi connectivity index (χ4n) is 2.76. The van der Waals surface area contributed by atoms with E-state index in [1.54, 1.807) is 0 Å². The van der Waals surface area contributed by atoms with Crippen LogP contribution < -0.4 is 5.73 Å². The van der Waals surface area contributed by atoms with E-state index in [2.05, 4.69) is 13.8 Å². The second kappa shape index (κ2) is 6.20. The summed E-state index contributed by atoms with van der Waals surface area (Å²) in [6.07, 6.45) is 2.73. The Labute approximate surface area is 115 Å². The van der Waals surface area contributed by atoms with Crippen LogP contribution >= 0.6 is 0 Å². The van der Waals surface area contributed by atoms with Crippen LogP contribution in [0.15, 0.2) is 30.3 Å². The van der Waals surface area contributed by atoms with Gasteiger partial charge in [-0.3, -0.25) is 4.79 Å². The molecular formula is C16H24N2O. The molecule has 3 atom stereocenters. The van der Waals surface area contributed by atoms with Crippen LogP contribution in [0.25, 0.3) is 0 Å². The van der Waals surface area contributed by atoms with Gasteiger partial charge in [0.2, 0.25) is 5.91 Å². The van der Waals surface area contributed by atoms with Crippen molar-refractivity contribution in [1.82, 2.24) is 4.90 Å². The third-order valence-corrected chi connectivity index (χ3v) is 4.06. The lowest BCUT2D eigenvalue weighted by Crippen LogP contribution is -2.45. The van der Waals surface area contributed by atoms with E-state index in [1.807, 2.05) is 35.2 Å². The van der Waals surface area contributed by atoms with Crippen molar-refractivity contribution in [2.45, 2.75) is 45.2 Å². The zero-order chi connectivity index (χ0) is 13.8. The second-order valence-corrected chi connectivity index (χ2v) is 5.80. The van der Waals surface area contributed by atoms with Crippen molar-refractivity contribution in [2.24, 2.45) is 11.7 Å². The summed E-state index contributed by atoms with van der Waals surface area (Å²) >= 11 is 0. The molecule has 0 saturated carbocycles. The molecule has 0 spiro atoms. The van der Waals surface area contributed by atoms with Gasteiger partial charge in [0.15, 0.2) is 0 Å². The Balaban J connectivity index is 1.96. The molecule has 104 valence electrons. The van der Waals surface area contributed by atoms with E-state index in [-0.39, 0.29) is 11.9 Å². The number of hydrogen-bond acceptors (Lipinski definition) is 2. The number of amides is 1. The molecule has 1 saturated heterocycles. The average molecular weight is 260 g/mol. The third kappa shape index (κ3) is 3.57. The zero-order valence-electron chi connectivity index (χ0n) is 11.9. The number of carbonyl (C=O) groups excluding carboxylic acids is 1. The highest BCUT2D eigenvalue weighted by atomic mass is 16.2. The van der Waals surface area contributed by atoms with Crippen molar-refractivity contribution in [1.29, 1.82) is 0 Å². The molecule has 3 nitrogen and oxygen atoms in total. The first-order chi connectivity index (χ1) is 9.08. The van der Waals surface area contributed by atoms with Gasteiger partial charge in [-0.05, 0) is 31.2 Å². The predicted molar refractivity (Wildman–Crippen MR) is 77.6 cm³/mol. The molecule has 0 aliphatic carbocycles. The standard InChI is InChI=1S/C16H24N2O/c1-12-8-9-13(2)18(11-12)16(19)10-15(17)14-6-4-3-5-7-14/h3-7,12-13,15H,8-11,17H2,1-2H3. The molecule has 0 radical (unpaired) electrons. The summed E-state index contributed by atoms with van der Waals surface area (Å²) in [5, 5.41) is 0. The minimum Gasteiger partial charge on any atom is -0.340 e. The minimum absolute atomic E-state index is 0.190. The highest BCUT2D eigenvalue weighted by molar-refractivity contribution is 5.77. The summed E-state index contributed by atoms with van der Waals surface area (Å²) in [6, 6.07) is 10.0. The number of likely N-dealkylation sites (tertiary alicyclic amines) is 1. The van der Waals surface area contributed by atoms with Gasteiger partial charge in [0.25, 0.3) is 0 Å². The molecule has 1 aromatic rings. The van der Waals surface area contributed by atoms with Gasteiger partial charge in [0.1, 0.15) is 0 Å². The first-order valence-electron chi connectivity index (χ1n) is 7.18. The monoisotopic (exact) mass is 260 g/mol. The number of hydrogen-bond donors (Lipinski definition) is 1. The lowest BCUT2D eigenvalue weighted by atomic mass is 9.94. The van der Waals surface area contributed by atoms with Crippen molar-refractivity contribution >= 4 is 5.91 Å². The third-order valence-electron chi connectivity index (χ3n) is 4.06. The van der Waals surface area contributed by atoms with Crippen LogP contribution in [-0.4, -0.2) is 23.4 Å². The fraction of sp³-hybridized carbons (Fsp3) is 0.562. The molecule has 1 amide bonds. The Hall–Kier alpha value is -1.35. The fourth-order valence-corrected chi connectivity index (χ4v) is 2.76. The first-order valence-corrected chi connectivity index (χ1v) is 7.18. The molecule has 1 aliphatic rings. The average Bonchev–Trinajstić information content (AvgIpc) is 2.42. The molecule has 1 heterocycles. The van der Waals surface area contributed by atoms with E-state index in [1.165, 1.54) is 6.42 Å². The Morgan fingerprint density at radius 3 is 2.68 bits per heavy atom. The maximum Gasteiger partial charge on any atom is 0.224 e. The largest absolute Gasteiger partial charge is 0.340 e. The summed E-state index contributed by atoms with van der Waals surface area (Å²) in [5.74, 6) is 0.795. The molecule has 1 fully saturated rings. The van der Waals surface area contributed by atoms with Crippen LogP contribution in [0.2, 0.25) is 0 Å². The molecular weight excluding hydrogens is 236 g/mol. The van der Waals surface area contributed by atoms with Crippen LogP contribution in [-0.2, 0) is 4.79 Å². The SMILES string of the molecule is CC1CCC(C)N(C(=O)CC(N)c2ccccc2)C1. The smallest absolute Gasteiger partial charge is 0.224 e. The molecule has 1 aliphatic heterocycles. The van der Waals surface area contributed by atoms with Gasteiger partial charge in [-0.25, -0.2) is 0 Å². The molecule has 3 unspecified atom stereocenters. The molecule has 2 rings (SSSR count). The normalized spacial score (nSPS) is 25.1. The number of rotatable bonds is 3. The minimum atomic E-state index is -0.196. The van der Waals surface area contributed by atoms with Gasteiger partial charge in [-0.2, -0.15) is 0 Å². The highest BCUT2D eigenvalue weighted by Gasteiger charge is 2.27. The predicted octanol–water partition coefficient (Wildman–Crippen LogP) is 2.72. The number of piperidine rings is 1. The van der Waals surface area contributed by atoms with E-state index in [0.29, 0.717) is 18.4 Å². The lowest BCUT2D eigenvalue weighted by molar-refractivity contribution is -0.135. The van der Waals surface area contributed by atoms with Gasteiger partial charge in [0, 0.05) is 25.0 Å². The second-order valence-electron chi connectivity index (χ2n) is 5.80. The molecule has 19 heavy (non-hydrogen) atoms. The van der Waals surface area contributed by atoms with Crippen molar-refractivity contribution in [3.8, 4) is 0 Å². The summed E-state index contributed by atoms with van der Waals surface area (Å²) in [4.78, 5) is 14.4. The maximum atomic E-state index is 12.4. The zero-order valence-corrected chi connectivity index (χ0v) is 11.9. The number of carbonyl (C=O) groups is 1. The van der Waals surface area contributed by atoms with Crippen molar-refractivity contribution in [3.05, 3.63) is 35.9 Å². The van der Waals surface area contributed by atoms with Gasteiger partial charge in [0.05, 0.1) is 0 Å². The van der Waals surface area contributed by atoms with Gasteiger partial charge in [-0.15, -0.1) is 0 Å². The van der Waals surface area contributed by atoms with E-state index in [0.717, 1.165) is 18.5 Å². The van der Waals surface area contributed by atoms with Crippen LogP contribution in [0.1, 0.15) is 44.7 Å². The molecule has 2 N–H and O–H groups in total. The van der Waals surface area contributed by atoms with E-state index < -0.39 is 0 Å². The number of benzene rings is 1.